The molecule has 94 valence electrons. The summed E-state index contributed by atoms with van der Waals surface area (Å²) in [7, 11) is 0. The van der Waals surface area contributed by atoms with E-state index < -0.39 is 0 Å². The van der Waals surface area contributed by atoms with Crippen LogP contribution in [0, 0.1) is 11.8 Å². The molecule has 2 saturated carbocycles. The van der Waals surface area contributed by atoms with Crippen LogP contribution in [0.25, 0.3) is 0 Å². The van der Waals surface area contributed by atoms with Gasteiger partial charge in [-0.25, -0.2) is 0 Å². The molecule has 3 rings (SSSR count). The molecule has 2 unspecified atom stereocenters. The van der Waals surface area contributed by atoms with Gasteiger partial charge in [0, 0.05) is 18.8 Å². The van der Waals surface area contributed by atoms with Crippen molar-refractivity contribution >= 4 is 0 Å². The Kier molecular flexibility index (Phi) is 3.19. The zero-order valence-electron chi connectivity index (χ0n) is 10.7. The predicted octanol–water partition coefficient (Wildman–Crippen LogP) is 2.22. The molecule has 1 aromatic rings. The Morgan fingerprint density at radius 2 is 2.12 bits per heavy atom. The average molecular weight is 233 g/mol. The highest BCUT2D eigenvalue weighted by Crippen LogP contribution is 2.36. The maximum Gasteiger partial charge on any atom is 0.0521 e. The van der Waals surface area contributed by atoms with Crippen molar-refractivity contribution in [1.82, 2.24) is 15.1 Å². The molecule has 0 bridgehead atoms. The number of aromatic nitrogens is 2. The van der Waals surface area contributed by atoms with Gasteiger partial charge in [-0.2, -0.15) is 5.10 Å². The van der Waals surface area contributed by atoms with Gasteiger partial charge in [0.25, 0.3) is 0 Å². The zero-order chi connectivity index (χ0) is 11.7. The Morgan fingerprint density at radius 1 is 1.29 bits per heavy atom. The first-order valence-corrected chi connectivity index (χ1v) is 7.10. The summed E-state index contributed by atoms with van der Waals surface area (Å²) >= 11 is 0. The molecule has 0 saturated heterocycles. The molecule has 3 heteroatoms. The molecule has 17 heavy (non-hydrogen) atoms. The van der Waals surface area contributed by atoms with Gasteiger partial charge in [0.2, 0.25) is 0 Å². The first-order valence-electron chi connectivity index (χ1n) is 7.10. The van der Waals surface area contributed by atoms with Crippen LogP contribution in [0.5, 0.6) is 0 Å². The fraction of sp³-hybridized carbons (Fsp3) is 0.786. The second-order valence-electron chi connectivity index (χ2n) is 5.69. The van der Waals surface area contributed by atoms with E-state index in [1.165, 1.54) is 44.2 Å². The van der Waals surface area contributed by atoms with E-state index in [2.05, 4.69) is 23.5 Å². The lowest BCUT2D eigenvalue weighted by Crippen LogP contribution is -2.37. The van der Waals surface area contributed by atoms with Crippen LogP contribution in [0.15, 0.2) is 12.4 Å². The third-order valence-corrected chi connectivity index (χ3v) is 4.33. The van der Waals surface area contributed by atoms with Crippen molar-refractivity contribution in [3.05, 3.63) is 18.0 Å². The van der Waals surface area contributed by atoms with E-state index in [1.807, 2.05) is 10.9 Å². The zero-order valence-corrected chi connectivity index (χ0v) is 10.7. The highest BCUT2D eigenvalue weighted by Gasteiger charge is 2.32. The molecule has 0 spiro atoms. The van der Waals surface area contributed by atoms with Crippen LogP contribution in [0.3, 0.4) is 0 Å². The lowest BCUT2D eigenvalue weighted by atomic mass is 9.71. The second-order valence-corrected chi connectivity index (χ2v) is 5.69. The molecule has 2 atom stereocenters. The topological polar surface area (TPSA) is 29.9 Å². The van der Waals surface area contributed by atoms with Crippen molar-refractivity contribution in [2.75, 3.05) is 6.54 Å². The molecule has 0 amide bonds. The van der Waals surface area contributed by atoms with Crippen LogP contribution in [0.1, 0.15) is 38.2 Å². The van der Waals surface area contributed by atoms with Crippen molar-refractivity contribution in [2.45, 2.75) is 51.6 Å². The van der Waals surface area contributed by atoms with Crippen LogP contribution in [0.2, 0.25) is 0 Å². The van der Waals surface area contributed by atoms with Crippen LogP contribution >= 0.6 is 0 Å². The summed E-state index contributed by atoms with van der Waals surface area (Å²) in [6.07, 6.45) is 11.1. The van der Waals surface area contributed by atoms with Gasteiger partial charge in [-0.15, -0.1) is 0 Å². The fourth-order valence-corrected chi connectivity index (χ4v) is 2.77. The Bertz CT molecular complexity index is 367. The predicted molar refractivity (Wildman–Crippen MR) is 68.8 cm³/mol. The third-order valence-electron chi connectivity index (χ3n) is 4.33. The highest BCUT2D eigenvalue weighted by molar-refractivity contribution is 5.07. The molecule has 2 fully saturated rings. The Morgan fingerprint density at radius 3 is 2.71 bits per heavy atom. The van der Waals surface area contributed by atoms with Gasteiger partial charge in [0.15, 0.2) is 0 Å². The molecule has 0 aliphatic heterocycles. The van der Waals surface area contributed by atoms with E-state index in [1.54, 1.807) is 0 Å². The van der Waals surface area contributed by atoms with Gasteiger partial charge in [-0.3, -0.25) is 4.68 Å². The number of nitrogens with one attached hydrogen (secondary N) is 1. The summed E-state index contributed by atoms with van der Waals surface area (Å²) in [4.78, 5) is 0. The number of hydrogen-bond acceptors (Lipinski definition) is 2. The minimum Gasteiger partial charge on any atom is -0.314 e. The molecular weight excluding hydrogens is 210 g/mol. The van der Waals surface area contributed by atoms with Gasteiger partial charge < -0.3 is 5.32 Å². The third kappa shape index (κ3) is 2.71. The van der Waals surface area contributed by atoms with Gasteiger partial charge in [-0.05, 0) is 63.0 Å². The van der Waals surface area contributed by atoms with Crippen LogP contribution in [-0.2, 0) is 13.0 Å². The highest BCUT2D eigenvalue weighted by atomic mass is 15.3. The van der Waals surface area contributed by atoms with Crippen LogP contribution in [-0.4, -0.2) is 22.4 Å². The van der Waals surface area contributed by atoms with Crippen molar-refractivity contribution in [2.24, 2.45) is 11.8 Å². The van der Waals surface area contributed by atoms with E-state index in [4.69, 9.17) is 0 Å². The first kappa shape index (κ1) is 11.3. The molecule has 3 nitrogen and oxygen atoms in total. The summed E-state index contributed by atoms with van der Waals surface area (Å²) in [5.74, 6) is 1.82. The molecule has 0 radical (unpaired) electrons. The minimum absolute atomic E-state index is 0.860. The van der Waals surface area contributed by atoms with Crippen LogP contribution in [0.4, 0.5) is 0 Å². The maximum absolute atomic E-state index is 4.36. The van der Waals surface area contributed by atoms with Crippen molar-refractivity contribution < 1.29 is 0 Å². The number of hydrogen-bond donors (Lipinski definition) is 1. The Balaban J connectivity index is 1.47. The number of nitrogens with zero attached hydrogens (tertiary/aromatic N) is 2. The number of rotatable bonds is 6. The van der Waals surface area contributed by atoms with E-state index in [9.17, 15) is 0 Å². The van der Waals surface area contributed by atoms with Crippen molar-refractivity contribution in [1.29, 1.82) is 0 Å². The molecule has 1 heterocycles. The van der Waals surface area contributed by atoms with E-state index in [0.29, 0.717) is 0 Å². The Labute approximate surface area is 104 Å². The molecule has 1 N–H and O–H groups in total. The monoisotopic (exact) mass is 233 g/mol. The van der Waals surface area contributed by atoms with Gasteiger partial charge in [0.05, 0.1) is 6.20 Å². The minimum atomic E-state index is 0.860. The molecule has 2 aliphatic carbocycles. The summed E-state index contributed by atoms with van der Waals surface area (Å²) in [5, 5.41) is 8.03. The summed E-state index contributed by atoms with van der Waals surface area (Å²) in [5.41, 5.74) is 1.42. The van der Waals surface area contributed by atoms with Gasteiger partial charge in [-0.1, -0.05) is 0 Å². The SMILES string of the molecule is CCn1cc(CC2CCC2CNC2CC2)cn1. The van der Waals surface area contributed by atoms with E-state index in [0.717, 1.165) is 24.4 Å². The molecule has 0 aromatic carbocycles. The standard InChI is InChI=1S/C14H23N3/c1-2-17-10-11(8-16-17)7-12-3-4-13(12)9-15-14-5-6-14/h8,10,12-15H,2-7,9H2,1H3. The van der Waals surface area contributed by atoms with E-state index in [-0.39, 0.29) is 0 Å². The fourth-order valence-electron chi connectivity index (χ4n) is 2.77. The van der Waals surface area contributed by atoms with E-state index >= 15 is 0 Å². The maximum atomic E-state index is 4.36. The quantitative estimate of drug-likeness (QED) is 0.816. The summed E-state index contributed by atoms with van der Waals surface area (Å²) in [6, 6.07) is 0.860. The summed E-state index contributed by atoms with van der Waals surface area (Å²) in [6.45, 7) is 4.37. The van der Waals surface area contributed by atoms with Crippen LogP contribution < -0.4 is 5.32 Å². The van der Waals surface area contributed by atoms with Gasteiger partial charge >= 0.3 is 0 Å². The average Bonchev–Trinajstić information content (AvgIpc) is 3.02. The molecule has 1 aromatic heterocycles. The normalized spacial score (nSPS) is 28.1. The lowest BCUT2D eigenvalue weighted by molar-refractivity contribution is 0.170. The smallest absolute Gasteiger partial charge is 0.0521 e. The summed E-state index contributed by atoms with van der Waals surface area (Å²) < 4.78 is 2.03. The Hall–Kier alpha value is -0.830. The van der Waals surface area contributed by atoms with Crippen molar-refractivity contribution in [3.63, 3.8) is 0 Å². The van der Waals surface area contributed by atoms with Crippen molar-refractivity contribution in [3.8, 4) is 0 Å². The molecular formula is C14H23N3. The first-order chi connectivity index (χ1) is 8.35. The molecule has 2 aliphatic rings. The lowest BCUT2D eigenvalue weighted by Gasteiger charge is -2.37. The van der Waals surface area contributed by atoms with Gasteiger partial charge in [0.1, 0.15) is 0 Å². The second kappa shape index (κ2) is 4.81. The largest absolute Gasteiger partial charge is 0.314 e. The number of aryl methyl sites for hydroxylation is 1.